The molecule has 1 saturated heterocycles. The van der Waals surface area contributed by atoms with E-state index in [0.717, 1.165) is 37.0 Å². The van der Waals surface area contributed by atoms with Gasteiger partial charge < -0.3 is 14.9 Å². The molecule has 1 aliphatic heterocycles. The molecule has 3 saturated carbocycles. The van der Waals surface area contributed by atoms with Gasteiger partial charge in [0.05, 0.1) is 24.4 Å². The second-order valence-electron chi connectivity index (χ2n) is 12.2. The molecular weight excluding hydrogens is 360 g/mol. The van der Waals surface area contributed by atoms with Crippen molar-refractivity contribution in [2.24, 2.45) is 46.3 Å². The lowest BCUT2D eigenvalue weighted by Gasteiger charge is -2.58. The average Bonchev–Trinajstić information content (AvgIpc) is 3.15. The number of aliphatic hydroxyl groups is 2. The molecule has 0 spiro atoms. The summed E-state index contributed by atoms with van der Waals surface area (Å²) in [5.41, 5.74) is 2.22. The van der Waals surface area contributed by atoms with E-state index in [-0.39, 0.29) is 24.2 Å². The minimum atomic E-state index is -0.346. The molecule has 11 unspecified atom stereocenters. The number of aliphatic hydroxyl groups excluding tert-OH is 2. The van der Waals surface area contributed by atoms with Crippen molar-refractivity contribution in [2.75, 3.05) is 0 Å². The molecule has 0 bridgehead atoms. The minimum Gasteiger partial charge on any atom is -0.393 e. The van der Waals surface area contributed by atoms with Crippen LogP contribution in [0.15, 0.2) is 11.6 Å². The first kappa shape index (κ1) is 20.5. The van der Waals surface area contributed by atoms with Crippen LogP contribution in [0.1, 0.15) is 79.6 Å². The number of hydrogen-bond donors (Lipinski definition) is 2. The molecule has 0 aromatic heterocycles. The van der Waals surface area contributed by atoms with Crippen LogP contribution in [0, 0.1) is 46.3 Å². The maximum Gasteiger partial charge on any atom is 0.0869 e. The molecule has 11 atom stereocenters. The topological polar surface area (TPSA) is 49.7 Å². The maximum atomic E-state index is 10.8. The first-order valence-electron chi connectivity index (χ1n) is 12.4. The predicted molar refractivity (Wildman–Crippen MR) is 115 cm³/mol. The highest BCUT2D eigenvalue weighted by Crippen LogP contribution is 2.69. The highest BCUT2D eigenvalue weighted by molar-refractivity contribution is 5.26. The molecule has 5 aliphatic rings. The number of rotatable bonds is 2. The van der Waals surface area contributed by atoms with Gasteiger partial charge >= 0.3 is 0 Å². The second-order valence-corrected chi connectivity index (χ2v) is 12.2. The van der Waals surface area contributed by atoms with Gasteiger partial charge in [-0.1, -0.05) is 46.3 Å². The van der Waals surface area contributed by atoms with Crippen LogP contribution in [-0.2, 0) is 4.74 Å². The first-order chi connectivity index (χ1) is 13.7. The van der Waals surface area contributed by atoms with E-state index < -0.39 is 0 Å². The Hall–Kier alpha value is -0.380. The van der Waals surface area contributed by atoms with Crippen LogP contribution in [0.25, 0.3) is 0 Å². The van der Waals surface area contributed by atoms with Crippen LogP contribution in [-0.4, -0.2) is 34.6 Å². The summed E-state index contributed by atoms with van der Waals surface area (Å²) in [6.45, 7) is 11.6. The molecule has 3 heteroatoms. The molecular formula is C26H42O3. The minimum absolute atomic E-state index is 0.00991. The van der Waals surface area contributed by atoms with Crippen molar-refractivity contribution in [3.05, 3.63) is 11.6 Å². The van der Waals surface area contributed by atoms with Gasteiger partial charge in [-0.3, -0.25) is 0 Å². The van der Waals surface area contributed by atoms with E-state index in [4.69, 9.17) is 4.74 Å². The van der Waals surface area contributed by atoms with Crippen molar-refractivity contribution in [3.63, 3.8) is 0 Å². The molecule has 0 aromatic carbocycles. The smallest absolute Gasteiger partial charge is 0.0869 e. The molecule has 164 valence electrons. The van der Waals surface area contributed by atoms with Gasteiger partial charge in [0.1, 0.15) is 0 Å². The van der Waals surface area contributed by atoms with Crippen molar-refractivity contribution in [2.45, 2.75) is 104 Å². The van der Waals surface area contributed by atoms with E-state index in [9.17, 15) is 10.2 Å². The molecule has 3 nitrogen and oxygen atoms in total. The molecule has 5 rings (SSSR count). The number of allylic oxidation sites excluding steroid dienone is 1. The Balaban J connectivity index is 1.41. The van der Waals surface area contributed by atoms with E-state index >= 15 is 0 Å². The third-order valence-corrected chi connectivity index (χ3v) is 10.6. The Bertz CT molecular complexity index is 685. The fourth-order valence-electron chi connectivity index (χ4n) is 9.05. The summed E-state index contributed by atoms with van der Waals surface area (Å²) in [4.78, 5) is 0. The van der Waals surface area contributed by atoms with Crippen molar-refractivity contribution >= 4 is 0 Å². The molecule has 0 aromatic rings. The highest BCUT2D eigenvalue weighted by atomic mass is 16.5. The van der Waals surface area contributed by atoms with Gasteiger partial charge in [-0.05, 0) is 91.3 Å². The Kier molecular flexibility index (Phi) is 4.82. The van der Waals surface area contributed by atoms with Gasteiger partial charge in [0.25, 0.3) is 0 Å². The average molecular weight is 403 g/mol. The van der Waals surface area contributed by atoms with Crippen LogP contribution in [0.3, 0.4) is 0 Å². The zero-order valence-corrected chi connectivity index (χ0v) is 19.1. The number of ether oxygens (including phenoxy) is 1. The van der Waals surface area contributed by atoms with E-state index in [1.807, 2.05) is 0 Å². The van der Waals surface area contributed by atoms with Crippen LogP contribution in [0.5, 0.6) is 0 Å². The van der Waals surface area contributed by atoms with Gasteiger partial charge in [0, 0.05) is 0 Å². The normalized spacial score (nSPS) is 55.0. The second kappa shape index (κ2) is 6.81. The Morgan fingerprint density at radius 2 is 1.90 bits per heavy atom. The number of fused-ring (bicyclic) bond motifs is 7. The van der Waals surface area contributed by atoms with Gasteiger partial charge in [0.2, 0.25) is 0 Å². The van der Waals surface area contributed by atoms with Gasteiger partial charge in [-0.15, -0.1) is 0 Å². The lowest BCUT2D eigenvalue weighted by atomic mass is 9.47. The molecule has 2 N–H and O–H groups in total. The Morgan fingerprint density at radius 3 is 2.62 bits per heavy atom. The molecule has 4 aliphatic carbocycles. The van der Waals surface area contributed by atoms with Gasteiger partial charge in [-0.25, -0.2) is 0 Å². The zero-order valence-electron chi connectivity index (χ0n) is 19.1. The third kappa shape index (κ3) is 2.79. The molecule has 4 fully saturated rings. The Labute approximate surface area is 177 Å². The summed E-state index contributed by atoms with van der Waals surface area (Å²) < 4.78 is 6.60. The monoisotopic (exact) mass is 402 g/mol. The summed E-state index contributed by atoms with van der Waals surface area (Å²) in [7, 11) is 0. The van der Waals surface area contributed by atoms with Crippen molar-refractivity contribution in [1.82, 2.24) is 0 Å². The summed E-state index contributed by atoms with van der Waals surface area (Å²) >= 11 is 0. The maximum absolute atomic E-state index is 10.8. The van der Waals surface area contributed by atoms with E-state index in [1.165, 1.54) is 25.7 Å². The van der Waals surface area contributed by atoms with Crippen molar-refractivity contribution in [3.8, 4) is 0 Å². The SMILES string of the molecule is CC(C)C(O)C1OC2CC3C4CC=C5CC(O)CCC5(C)C4CCC3(C)C2C1C. The standard InChI is InChI=1S/C26H42O3/c1-14(2)23(28)24-15(3)22-21(29-24)13-20-18-7-6-16-12-17(27)8-10-25(16,4)19(18)9-11-26(20,22)5/h6,14-15,17-24,27-28H,7-13H2,1-5H3. The van der Waals surface area contributed by atoms with E-state index in [2.05, 4.69) is 40.7 Å². The zero-order chi connectivity index (χ0) is 20.7. The lowest BCUT2D eigenvalue weighted by Crippen LogP contribution is -2.51. The summed E-state index contributed by atoms with van der Waals surface area (Å²) in [5, 5.41) is 21.0. The summed E-state index contributed by atoms with van der Waals surface area (Å²) in [5.74, 6) is 3.59. The van der Waals surface area contributed by atoms with E-state index in [0.29, 0.717) is 28.8 Å². The number of hydrogen-bond acceptors (Lipinski definition) is 3. The van der Waals surface area contributed by atoms with Gasteiger partial charge in [0.15, 0.2) is 0 Å². The Morgan fingerprint density at radius 1 is 1.14 bits per heavy atom. The van der Waals surface area contributed by atoms with E-state index in [1.54, 1.807) is 5.57 Å². The first-order valence-corrected chi connectivity index (χ1v) is 12.4. The van der Waals surface area contributed by atoms with Crippen molar-refractivity contribution in [1.29, 1.82) is 0 Å². The van der Waals surface area contributed by atoms with Crippen molar-refractivity contribution < 1.29 is 14.9 Å². The summed E-state index contributed by atoms with van der Waals surface area (Å²) in [6.07, 6.45) is 10.5. The lowest BCUT2D eigenvalue weighted by molar-refractivity contribution is -0.0810. The molecule has 29 heavy (non-hydrogen) atoms. The van der Waals surface area contributed by atoms with Crippen LogP contribution < -0.4 is 0 Å². The molecule has 0 amide bonds. The van der Waals surface area contributed by atoms with Crippen LogP contribution >= 0.6 is 0 Å². The quantitative estimate of drug-likeness (QED) is 0.642. The summed E-state index contributed by atoms with van der Waals surface area (Å²) in [6, 6.07) is 0. The largest absolute Gasteiger partial charge is 0.393 e. The van der Waals surface area contributed by atoms with Crippen LogP contribution in [0.2, 0.25) is 0 Å². The predicted octanol–water partition coefficient (Wildman–Crippen LogP) is 4.96. The van der Waals surface area contributed by atoms with Crippen LogP contribution in [0.4, 0.5) is 0 Å². The fraction of sp³-hybridized carbons (Fsp3) is 0.923. The highest BCUT2D eigenvalue weighted by Gasteiger charge is 2.65. The third-order valence-electron chi connectivity index (χ3n) is 10.6. The molecule has 0 radical (unpaired) electrons. The molecule has 1 heterocycles. The van der Waals surface area contributed by atoms with Gasteiger partial charge in [-0.2, -0.15) is 0 Å². The fourth-order valence-corrected chi connectivity index (χ4v) is 9.05.